The van der Waals surface area contributed by atoms with E-state index in [0.717, 1.165) is 12.7 Å². The van der Waals surface area contributed by atoms with Crippen molar-refractivity contribution >= 4 is 6.29 Å². The van der Waals surface area contributed by atoms with Gasteiger partial charge in [-0.05, 0) is 19.3 Å². The molecule has 0 aliphatic heterocycles. The van der Waals surface area contributed by atoms with Crippen molar-refractivity contribution in [1.82, 2.24) is 0 Å². The predicted octanol–water partition coefficient (Wildman–Crippen LogP) is 6.22. The summed E-state index contributed by atoms with van der Waals surface area (Å²) in [6.07, 6.45) is 23.6. The molecule has 0 radical (unpaired) electrons. The number of carbonyl (C=O) groups is 1. The van der Waals surface area contributed by atoms with Crippen molar-refractivity contribution in [3.8, 4) is 0 Å². The monoisotopic (exact) mass is 266 g/mol. The van der Waals surface area contributed by atoms with Crippen LogP contribution in [0.5, 0.6) is 0 Å². The first-order valence-electron chi connectivity index (χ1n) is 8.50. The van der Waals surface area contributed by atoms with Gasteiger partial charge in [0.1, 0.15) is 6.29 Å². The van der Waals surface area contributed by atoms with Crippen LogP contribution in [0.1, 0.15) is 96.8 Å². The van der Waals surface area contributed by atoms with Crippen molar-refractivity contribution in [3.63, 3.8) is 0 Å². The zero-order valence-electron chi connectivity index (χ0n) is 13.0. The summed E-state index contributed by atoms with van der Waals surface area (Å²) >= 11 is 0. The summed E-state index contributed by atoms with van der Waals surface area (Å²) in [5.74, 6) is 0. The number of unbranched alkanes of at least 4 members (excludes halogenated alkanes) is 12. The largest absolute Gasteiger partial charge is 0.303 e. The first kappa shape index (κ1) is 18.4. The number of hydrogen-bond donors (Lipinski definition) is 0. The number of aldehydes is 1. The Morgan fingerprint density at radius 1 is 0.579 bits per heavy atom. The van der Waals surface area contributed by atoms with Crippen molar-refractivity contribution in [1.29, 1.82) is 0 Å². The Bertz CT molecular complexity index is 196. The lowest BCUT2D eigenvalue weighted by Crippen LogP contribution is -1.82. The average molecular weight is 266 g/mol. The molecule has 0 unspecified atom stereocenters. The lowest BCUT2D eigenvalue weighted by atomic mass is 10.1. The Morgan fingerprint density at radius 3 is 1.58 bits per heavy atom. The molecule has 0 saturated heterocycles. The quantitative estimate of drug-likeness (QED) is 0.195. The molecule has 1 heteroatoms. The van der Waals surface area contributed by atoms with Crippen LogP contribution in [-0.4, -0.2) is 6.29 Å². The van der Waals surface area contributed by atoms with Gasteiger partial charge in [0.25, 0.3) is 0 Å². The van der Waals surface area contributed by atoms with Crippen LogP contribution in [0.4, 0.5) is 0 Å². The highest BCUT2D eigenvalue weighted by molar-refractivity contribution is 5.49. The third-order valence-corrected chi connectivity index (χ3v) is 3.59. The Labute approximate surface area is 120 Å². The van der Waals surface area contributed by atoms with Crippen LogP contribution in [0.15, 0.2) is 12.2 Å². The first-order chi connectivity index (χ1) is 9.41. The standard InChI is InChI=1S/C18H34O/c1-2-3-4-5-6-7-8-9-10-11-12-13-14-15-16-17-18-19/h14-15,18H,2-13,16-17H2,1H3/b15-14+. The molecule has 0 saturated carbocycles. The van der Waals surface area contributed by atoms with Gasteiger partial charge in [-0.3, -0.25) is 0 Å². The lowest BCUT2D eigenvalue weighted by Gasteiger charge is -2.01. The molecule has 0 aromatic carbocycles. The Balaban J connectivity index is 2.98. The molecule has 0 N–H and O–H groups in total. The number of carbonyl (C=O) groups excluding carboxylic acids is 1. The zero-order valence-corrected chi connectivity index (χ0v) is 13.0. The molecule has 112 valence electrons. The minimum absolute atomic E-state index is 0.675. The minimum Gasteiger partial charge on any atom is -0.303 e. The van der Waals surface area contributed by atoms with Gasteiger partial charge in [0.2, 0.25) is 0 Å². The van der Waals surface area contributed by atoms with Gasteiger partial charge in [-0.25, -0.2) is 0 Å². The van der Waals surface area contributed by atoms with E-state index in [-0.39, 0.29) is 0 Å². The second-order valence-corrected chi connectivity index (χ2v) is 5.54. The van der Waals surface area contributed by atoms with E-state index in [4.69, 9.17) is 0 Å². The molecule has 0 rings (SSSR count). The molecule has 1 nitrogen and oxygen atoms in total. The van der Waals surface area contributed by atoms with E-state index in [1.54, 1.807) is 0 Å². The molecular formula is C18H34O. The smallest absolute Gasteiger partial charge is 0.120 e. The van der Waals surface area contributed by atoms with Crippen molar-refractivity contribution < 1.29 is 4.79 Å². The van der Waals surface area contributed by atoms with E-state index in [2.05, 4.69) is 19.1 Å². The molecule has 19 heavy (non-hydrogen) atoms. The molecule has 0 atom stereocenters. The van der Waals surface area contributed by atoms with Gasteiger partial charge in [-0.15, -0.1) is 0 Å². The molecule has 0 aliphatic rings. The maximum Gasteiger partial charge on any atom is 0.120 e. The summed E-state index contributed by atoms with van der Waals surface area (Å²) in [7, 11) is 0. The van der Waals surface area contributed by atoms with Gasteiger partial charge >= 0.3 is 0 Å². The molecule has 0 spiro atoms. The summed E-state index contributed by atoms with van der Waals surface area (Å²) in [6, 6.07) is 0. The van der Waals surface area contributed by atoms with Crippen LogP contribution < -0.4 is 0 Å². The SMILES string of the molecule is CCCCCCCCCCCCC/C=C/CCC=O. The summed E-state index contributed by atoms with van der Waals surface area (Å²) < 4.78 is 0. The highest BCUT2D eigenvalue weighted by Gasteiger charge is 1.92. The van der Waals surface area contributed by atoms with Crippen molar-refractivity contribution in [2.24, 2.45) is 0 Å². The summed E-state index contributed by atoms with van der Waals surface area (Å²) in [5, 5.41) is 0. The molecule has 0 heterocycles. The third-order valence-electron chi connectivity index (χ3n) is 3.59. The van der Waals surface area contributed by atoms with Crippen LogP contribution in [0.2, 0.25) is 0 Å². The van der Waals surface area contributed by atoms with Gasteiger partial charge in [-0.2, -0.15) is 0 Å². The van der Waals surface area contributed by atoms with Crippen molar-refractivity contribution in [3.05, 3.63) is 12.2 Å². The van der Waals surface area contributed by atoms with Crippen LogP contribution >= 0.6 is 0 Å². The van der Waals surface area contributed by atoms with Gasteiger partial charge in [-0.1, -0.05) is 83.3 Å². The highest BCUT2D eigenvalue weighted by atomic mass is 16.1. The molecule has 0 aliphatic carbocycles. The fraction of sp³-hybridized carbons (Fsp3) is 0.833. The Kier molecular flexibility index (Phi) is 16.9. The van der Waals surface area contributed by atoms with E-state index in [1.165, 1.54) is 77.0 Å². The maximum absolute atomic E-state index is 10.1. The van der Waals surface area contributed by atoms with Gasteiger partial charge in [0, 0.05) is 6.42 Å². The number of hydrogen-bond acceptors (Lipinski definition) is 1. The zero-order chi connectivity index (χ0) is 14.0. The van der Waals surface area contributed by atoms with E-state index in [0.29, 0.717) is 6.42 Å². The lowest BCUT2D eigenvalue weighted by molar-refractivity contribution is -0.107. The van der Waals surface area contributed by atoms with Gasteiger partial charge < -0.3 is 4.79 Å². The average Bonchev–Trinajstić information content (AvgIpc) is 2.43. The summed E-state index contributed by atoms with van der Waals surface area (Å²) in [6.45, 7) is 2.28. The molecule has 0 fully saturated rings. The van der Waals surface area contributed by atoms with E-state index < -0.39 is 0 Å². The number of allylic oxidation sites excluding steroid dienone is 2. The van der Waals surface area contributed by atoms with E-state index in [9.17, 15) is 4.79 Å². The highest BCUT2D eigenvalue weighted by Crippen LogP contribution is 2.12. The van der Waals surface area contributed by atoms with Crippen LogP contribution in [0.3, 0.4) is 0 Å². The Hall–Kier alpha value is -0.590. The Morgan fingerprint density at radius 2 is 1.05 bits per heavy atom. The molecular weight excluding hydrogens is 232 g/mol. The summed E-state index contributed by atoms with van der Waals surface area (Å²) in [5.41, 5.74) is 0. The summed E-state index contributed by atoms with van der Waals surface area (Å²) in [4.78, 5) is 10.1. The first-order valence-corrected chi connectivity index (χ1v) is 8.50. The van der Waals surface area contributed by atoms with Gasteiger partial charge in [0.05, 0.1) is 0 Å². The molecule has 0 bridgehead atoms. The van der Waals surface area contributed by atoms with Crippen molar-refractivity contribution in [2.45, 2.75) is 96.8 Å². The second-order valence-electron chi connectivity index (χ2n) is 5.54. The number of rotatable bonds is 15. The van der Waals surface area contributed by atoms with Gasteiger partial charge in [0.15, 0.2) is 0 Å². The minimum atomic E-state index is 0.675. The normalized spacial score (nSPS) is 11.2. The van der Waals surface area contributed by atoms with Crippen LogP contribution in [0.25, 0.3) is 0 Å². The van der Waals surface area contributed by atoms with Crippen LogP contribution in [-0.2, 0) is 4.79 Å². The third kappa shape index (κ3) is 17.4. The maximum atomic E-state index is 10.1. The fourth-order valence-electron chi connectivity index (χ4n) is 2.33. The predicted molar refractivity (Wildman–Crippen MR) is 85.5 cm³/mol. The second kappa shape index (κ2) is 17.4. The fourth-order valence-corrected chi connectivity index (χ4v) is 2.33. The molecule has 0 aromatic heterocycles. The van der Waals surface area contributed by atoms with Crippen LogP contribution in [0, 0.1) is 0 Å². The topological polar surface area (TPSA) is 17.1 Å². The molecule has 0 amide bonds. The van der Waals surface area contributed by atoms with E-state index in [1.807, 2.05) is 0 Å². The van der Waals surface area contributed by atoms with Crippen molar-refractivity contribution in [2.75, 3.05) is 0 Å². The molecule has 0 aromatic rings. The van der Waals surface area contributed by atoms with E-state index >= 15 is 0 Å².